The van der Waals surface area contributed by atoms with Crippen molar-refractivity contribution in [3.05, 3.63) is 0 Å². The maximum atomic E-state index is 12.9. The maximum absolute atomic E-state index is 12.9. The first kappa shape index (κ1) is 20.0. The van der Waals surface area contributed by atoms with Crippen LogP contribution in [0, 0.1) is 23.2 Å². The van der Waals surface area contributed by atoms with Crippen LogP contribution in [0.2, 0.25) is 0 Å². The number of epoxide rings is 1. The molecule has 1 spiro atoms. The van der Waals surface area contributed by atoms with Gasteiger partial charge in [-0.3, -0.25) is 4.79 Å². The van der Waals surface area contributed by atoms with E-state index in [-0.39, 0.29) is 23.6 Å². The smallest absolute Gasteiger partial charge is 0.310 e. The normalized spacial score (nSPS) is 47.7. The molecule has 6 aliphatic rings. The second-order valence-electron chi connectivity index (χ2n) is 11.7. The Labute approximate surface area is 181 Å². The third-order valence-electron chi connectivity index (χ3n) is 10.00. The highest BCUT2D eigenvalue weighted by Gasteiger charge is 2.65. The highest BCUT2D eigenvalue weighted by Crippen LogP contribution is 2.62. The predicted octanol–water partition coefficient (Wildman–Crippen LogP) is 3.46. The molecule has 6 rings (SSSR count). The van der Waals surface area contributed by atoms with Crippen LogP contribution in [0.3, 0.4) is 0 Å². The Bertz CT molecular complexity index is 665. The number of fused-ring (bicyclic) bond motifs is 3. The Morgan fingerprint density at radius 1 is 1.03 bits per heavy atom. The van der Waals surface area contributed by atoms with Crippen molar-refractivity contribution in [2.24, 2.45) is 23.2 Å². The molecule has 6 atom stereocenters. The van der Waals surface area contributed by atoms with E-state index in [1.54, 1.807) is 0 Å². The summed E-state index contributed by atoms with van der Waals surface area (Å²) in [6.07, 6.45) is 12.8. The number of ether oxygens (including phenoxy) is 2. The minimum absolute atomic E-state index is 0.0869. The van der Waals surface area contributed by atoms with E-state index >= 15 is 0 Å². The first-order valence-electron chi connectivity index (χ1n) is 12.9. The molecule has 4 heterocycles. The van der Waals surface area contributed by atoms with Crippen molar-refractivity contribution in [2.45, 2.75) is 88.9 Å². The molecule has 0 aromatic heterocycles. The number of rotatable bonds is 3. The van der Waals surface area contributed by atoms with Crippen molar-refractivity contribution >= 4 is 5.97 Å². The molecule has 5 heteroatoms. The van der Waals surface area contributed by atoms with Crippen LogP contribution >= 0.6 is 0 Å². The van der Waals surface area contributed by atoms with Gasteiger partial charge in [-0.1, -0.05) is 13.3 Å². The molecule has 6 unspecified atom stereocenters. The summed E-state index contributed by atoms with van der Waals surface area (Å²) in [6.45, 7) is 9.22. The summed E-state index contributed by atoms with van der Waals surface area (Å²) in [5.41, 5.74) is 0.457. The molecule has 0 N–H and O–H groups in total. The van der Waals surface area contributed by atoms with E-state index in [4.69, 9.17) is 9.47 Å². The van der Waals surface area contributed by atoms with Gasteiger partial charge in [-0.05, 0) is 95.3 Å². The zero-order chi connectivity index (χ0) is 20.3. The molecular formula is C25H40N2O3. The van der Waals surface area contributed by atoms with Crippen molar-refractivity contribution in [3.8, 4) is 0 Å². The van der Waals surface area contributed by atoms with E-state index in [1.165, 1.54) is 64.5 Å². The number of hydrogen-bond donors (Lipinski definition) is 0. The lowest BCUT2D eigenvalue weighted by Gasteiger charge is -2.51. The van der Waals surface area contributed by atoms with E-state index in [9.17, 15) is 4.79 Å². The number of carbonyl (C=O) groups excluding carboxylic acids is 1. The molecule has 5 nitrogen and oxygen atoms in total. The zero-order valence-electron chi connectivity index (χ0n) is 18.8. The molecular weight excluding hydrogens is 376 g/mol. The van der Waals surface area contributed by atoms with E-state index in [0.29, 0.717) is 17.3 Å². The zero-order valence-corrected chi connectivity index (χ0v) is 18.8. The molecule has 0 aromatic carbocycles. The van der Waals surface area contributed by atoms with Gasteiger partial charge >= 0.3 is 5.97 Å². The fourth-order valence-electron chi connectivity index (χ4n) is 8.19. The summed E-state index contributed by atoms with van der Waals surface area (Å²) in [4.78, 5) is 18.2. The van der Waals surface area contributed by atoms with Crippen LogP contribution < -0.4 is 0 Å². The van der Waals surface area contributed by atoms with Crippen LogP contribution in [-0.4, -0.2) is 72.8 Å². The van der Waals surface area contributed by atoms with E-state index in [1.807, 2.05) is 0 Å². The van der Waals surface area contributed by atoms with Gasteiger partial charge in [0.05, 0.1) is 18.1 Å². The molecule has 6 fully saturated rings. The number of likely N-dealkylation sites (tertiary alicyclic amines) is 2. The van der Waals surface area contributed by atoms with Crippen LogP contribution in [0.1, 0.15) is 71.1 Å². The van der Waals surface area contributed by atoms with Gasteiger partial charge in [0.25, 0.3) is 0 Å². The van der Waals surface area contributed by atoms with Crippen molar-refractivity contribution < 1.29 is 14.3 Å². The van der Waals surface area contributed by atoms with Crippen molar-refractivity contribution in [3.63, 3.8) is 0 Å². The number of hydrogen-bond acceptors (Lipinski definition) is 5. The van der Waals surface area contributed by atoms with Crippen LogP contribution in [0.15, 0.2) is 0 Å². The van der Waals surface area contributed by atoms with Gasteiger partial charge in [-0.15, -0.1) is 0 Å². The van der Waals surface area contributed by atoms with Crippen LogP contribution in [0.5, 0.6) is 0 Å². The third-order valence-corrected chi connectivity index (χ3v) is 10.00. The van der Waals surface area contributed by atoms with Crippen LogP contribution in [-0.2, 0) is 14.3 Å². The fraction of sp³-hybridized carbons (Fsp3) is 0.960. The molecule has 2 saturated carbocycles. The molecule has 0 bridgehead atoms. The van der Waals surface area contributed by atoms with Gasteiger partial charge in [0.15, 0.2) is 0 Å². The van der Waals surface area contributed by atoms with E-state index < -0.39 is 0 Å². The minimum atomic E-state index is 0.0869. The predicted molar refractivity (Wildman–Crippen MR) is 115 cm³/mol. The molecule has 30 heavy (non-hydrogen) atoms. The fourth-order valence-corrected chi connectivity index (χ4v) is 8.19. The van der Waals surface area contributed by atoms with Gasteiger partial charge in [0, 0.05) is 18.5 Å². The largest absolute Gasteiger partial charge is 0.462 e. The molecule has 168 valence electrons. The van der Waals surface area contributed by atoms with Crippen molar-refractivity contribution in [1.82, 2.24) is 9.80 Å². The topological polar surface area (TPSA) is 45.3 Å². The standard InChI is InChI=1S/C25H40N2O3/c1-24-8-5-9-25(17-29-25)22(24)14-19-20(23(28)30-21(19)15-24)16-26-12-6-18(7-13-26)27-10-3-2-4-11-27/h18-22H,2-17H2,1H3. The van der Waals surface area contributed by atoms with Crippen molar-refractivity contribution in [1.29, 1.82) is 0 Å². The molecule has 0 amide bonds. The average Bonchev–Trinajstić information content (AvgIpc) is 3.46. The highest BCUT2D eigenvalue weighted by atomic mass is 16.6. The Balaban J connectivity index is 1.10. The van der Waals surface area contributed by atoms with E-state index in [0.717, 1.165) is 45.1 Å². The third kappa shape index (κ3) is 3.34. The minimum Gasteiger partial charge on any atom is -0.462 e. The quantitative estimate of drug-likeness (QED) is 0.521. The highest BCUT2D eigenvalue weighted by molar-refractivity contribution is 5.75. The SMILES string of the molecule is CC12CCCC3(CO3)C1CC1C(C2)OC(=O)C1CN1CCC(N2CCCCC2)CC1. The first-order chi connectivity index (χ1) is 14.6. The summed E-state index contributed by atoms with van der Waals surface area (Å²) >= 11 is 0. The maximum Gasteiger partial charge on any atom is 0.310 e. The lowest BCUT2D eigenvalue weighted by atomic mass is 9.53. The van der Waals surface area contributed by atoms with Gasteiger partial charge in [0.1, 0.15) is 6.10 Å². The Morgan fingerprint density at radius 3 is 2.53 bits per heavy atom. The summed E-state index contributed by atoms with van der Waals surface area (Å²) < 4.78 is 12.1. The number of carbonyl (C=O) groups is 1. The molecule has 4 saturated heterocycles. The molecule has 4 aliphatic heterocycles. The molecule has 2 aliphatic carbocycles. The average molecular weight is 417 g/mol. The molecule has 0 aromatic rings. The number of piperidine rings is 2. The Morgan fingerprint density at radius 2 is 1.80 bits per heavy atom. The van der Waals surface area contributed by atoms with Gasteiger partial charge in [-0.25, -0.2) is 0 Å². The Hall–Kier alpha value is -0.650. The van der Waals surface area contributed by atoms with Crippen LogP contribution in [0.4, 0.5) is 0 Å². The monoisotopic (exact) mass is 416 g/mol. The van der Waals surface area contributed by atoms with E-state index in [2.05, 4.69) is 16.7 Å². The van der Waals surface area contributed by atoms with Gasteiger partial charge in [0.2, 0.25) is 0 Å². The lowest BCUT2D eigenvalue weighted by Crippen LogP contribution is -2.52. The van der Waals surface area contributed by atoms with Crippen LogP contribution in [0.25, 0.3) is 0 Å². The van der Waals surface area contributed by atoms with Gasteiger partial charge in [-0.2, -0.15) is 0 Å². The van der Waals surface area contributed by atoms with Crippen molar-refractivity contribution in [2.75, 3.05) is 39.3 Å². The summed E-state index contributed by atoms with van der Waals surface area (Å²) in [5, 5.41) is 0. The van der Waals surface area contributed by atoms with Gasteiger partial charge < -0.3 is 19.3 Å². The summed E-state index contributed by atoms with van der Waals surface area (Å²) in [5.74, 6) is 1.22. The number of nitrogens with zero attached hydrogens (tertiary/aromatic N) is 2. The number of esters is 1. The second-order valence-corrected chi connectivity index (χ2v) is 11.7. The first-order valence-corrected chi connectivity index (χ1v) is 12.9. The Kier molecular flexibility index (Phi) is 4.97. The summed E-state index contributed by atoms with van der Waals surface area (Å²) in [6, 6.07) is 0.773. The lowest BCUT2D eigenvalue weighted by molar-refractivity contribution is -0.147. The molecule has 0 radical (unpaired) electrons. The summed E-state index contributed by atoms with van der Waals surface area (Å²) in [7, 11) is 0. The second kappa shape index (κ2) is 7.45.